The lowest BCUT2D eigenvalue weighted by atomic mass is 9.94. The Balaban J connectivity index is 2.00. The number of nitrogens with two attached hydrogens (primary N) is 1. The van der Waals surface area contributed by atoms with Crippen LogP contribution in [0.25, 0.3) is 0 Å². The number of ether oxygens (including phenoxy) is 1. The van der Waals surface area contributed by atoms with Gasteiger partial charge in [0.15, 0.2) is 0 Å². The van der Waals surface area contributed by atoms with Gasteiger partial charge in [-0.2, -0.15) is 0 Å². The standard InChI is InChI=1S/C15H22N2O2/c1-12-3-2-4-13(9-12)14(11-16)10-15(18)17-5-7-19-8-6-17/h2-4,9,14H,5-8,10-11,16H2,1H3. The Morgan fingerprint density at radius 2 is 2.16 bits per heavy atom. The molecule has 0 saturated carbocycles. The molecule has 0 spiro atoms. The molecule has 1 aliphatic rings. The number of rotatable bonds is 4. The zero-order valence-electron chi connectivity index (χ0n) is 11.5. The zero-order valence-corrected chi connectivity index (χ0v) is 11.5. The first kappa shape index (κ1) is 14.0. The summed E-state index contributed by atoms with van der Waals surface area (Å²) in [6.45, 7) is 5.24. The van der Waals surface area contributed by atoms with Crippen LogP contribution in [0.1, 0.15) is 23.5 Å². The summed E-state index contributed by atoms with van der Waals surface area (Å²) in [5.74, 6) is 0.288. The molecule has 0 radical (unpaired) electrons. The Labute approximate surface area is 114 Å². The monoisotopic (exact) mass is 262 g/mol. The van der Waals surface area contributed by atoms with Crippen molar-refractivity contribution in [1.82, 2.24) is 4.90 Å². The first-order chi connectivity index (χ1) is 9.20. The van der Waals surface area contributed by atoms with E-state index in [-0.39, 0.29) is 11.8 Å². The van der Waals surface area contributed by atoms with Gasteiger partial charge in [0, 0.05) is 25.4 Å². The Bertz CT molecular complexity index is 428. The molecule has 2 N–H and O–H groups in total. The van der Waals surface area contributed by atoms with Crippen LogP contribution in [-0.2, 0) is 9.53 Å². The molecular weight excluding hydrogens is 240 g/mol. The number of benzene rings is 1. The van der Waals surface area contributed by atoms with Gasteiger partial charge in [-0.3, -0.25) is 4.79 Å². The van der Waals surface area contributed by atoms with Gasteiger partial charge in [0.05, 0.1) is 13.2 Å². The van der Waals surface area contributed by atoms with E-state index in [1.165, 1.54) is 5.56 Å². The Hall–Kier alpha value is -1.39. The van der Waals surface area contributed by atoms with E-state index in [4.69, 9.17) is 10.5 Å². The number of nitrogens with zero attached hydrogens (tertiary/aromatic N) is 1. The summed E-state index contributed by atoms with van der Waals surface area (Å²) in [5.41, 5.74) is 8.20. The number of aryl methyl sites for hydroxylation is 1. The van der Waals surface area contributed by atoms with Crippen molar-refractivity contribution >= 4 is 5.91 Å². The maximum absolute atomic E-state index is 12.2. The van der Waals surface area contributed by atoms with Crippen molar-refractivity contribution in [3.8, 4) is 0 Å². The van der Waals surface area contributed by atoms with Gasteiger partial charge in [-0.05, 0) is 19.0 Å². The summed E-state index contributed by atoms with van der Waals surface area (Å²) >= 11 is 0. The van der Waals surface area contributed by atoms with E-state index in [1.807, 2.05) is 11.0 Å². The minimum atomic E-state index is 0.107. The molecule has 1 amide bonds. The highest BCUT2D eigenvalue weighted by Gasteiger charge is 2.21. The van der Waals surface area contributed by atoms with Crippen molar-refractivity contribution in [2.75, 3.05) is 32.8 Å². The fourth-order valence-electron chi connectivity index (χ4n) is 2.41. The minimum absolute atomic E-state index is 0.107. The molecule has 1 atom stereocenters. The van der Waals surface area contributed by atoms with Gasteiger partial charge in [0.25, 0.3) is 0 Å². The van der Waals surface area contributed by atoms with Crippen molar-refractivity contribution in [3.05, 3.63) is 35.4 Å². The van der Waals surface area contributed by atoms with E-state index in [0.717, 1.165) is 5.56 Å². The maximum Gasteiger partial charge on any atom is 0.223 e. The minimum Gasteiger partial charge on any atom is -0.378 e. The number of hydrogen-bond donors (Lipinski definition) is 1. The highest BCUT2D eigenvalue weighted by Crippen LogP contribution is 2.21. The van der Waals surface area contributed by atoms with Crippen LogP contribution in [0.3, 0.4) is 0 Å². The largest absolute Gasteiger partial charge is 0.378 e. The Morgan fingerprint density at radius 3 is 2.79 bits per heavy atom. The second-order valence-corrected chi connectivity index (χ2v) is 5.04. The summed E-state index contributed by atoms with van der Waals surface area (Å²) in [6, 6.07) is 8.24. The number of carbonyl (C=O) groups excluding carboxylic acids is 1. The fourth-order valence-corrected chi connectivity index (χ4v) is 2.41. The van der Waals surface area contributed by atoms with Crippen molar-refractivity contribution in [2.45, 2.75) is 19.3 Å². The maximum atomic E-state index is 12.2. The lowest BCUT2D eigenvalue weighted by Crippen LogP contribution is -2.41. The quantitative estimate of drug-likeness (QED) is 0.889. The molecule has 1 fully saturated rings. The van der Waals surface area contributed by atoms with Gasteiger partial charge in [-0.15, -0.1) is 0 Å². The summed E-state index contributed by atoms with van der Waals surface area (Å²) in [7, 11) is 0. The predicted molar refractivity (Wildman–Crippen MR) is 75.0 cm³/mol. The van der Waals surface area contributed by atoms with Crippen molar-refractivity contribution in [3.63, 3.8) is 0 Å². The smallest absolute Gasteiger partial charge is 0.223 e. The molecule has 0 aromatic heterocycles. The second-order valence-electron chi connectivity index (χ2n) is 5.04. The molecule has 1 unspecified atom stereocenters. The first-order valence-electron chi connectivity index (χ1n) is 6.83. The van der Waals surface area contributed by atoms with Gasteiger partial charge in [0.2, 0.25) is 5.91 Å². The highest BCUT2D eigenvalue weighted by atomic mass is 16.5. The molecular formula is C15H22N2O2. The molecule has 0 aliphatic carbocycles. The van der Waals surface area contributed by atoms with Gasteiger partial charge in [0.1, 0.15) is 0 Å². The molecule has 1 aromatic carbocycles. The average molecular weight is 262 g/mol. The molecule has 1 aliphatic heterocycles. The number of carbonyl (C=O) groups is 1. The van der Waals surface area contributed by atoms with E-state index >= 15 is 0 Å². The van der Waals surface area contributed by atoms with Crippen LogP contribution >= 0.6 is 0 Å². The van der Waals surface area contributed by atoms with Crippen LogP contribution in [-0.4, -0.2) is 43.7 Å². The molecule has 0 bridgehead atoms. The highest BCUT2D eigenvalue weighted by molar-refractivity contribution is 5.77. The summed E-state index contributed by atoms with van der Waals surface area (Å²) in [6.07, 6.45) is 0.486. The SMILES string of the molecule is Cc1cccc(C(CN)CC(=O)N2CCOCC2)c1. The number of morpholine rings is 1. The Morgan fingerprint density at radius 1 is 1.42 bits per heavy atom. The molecule has 4 heteroatoms. The van der Waals surface area contributed by atoms with Crippen molar-refractivity contribution < 1.29 is 9.53 Å². The lowest BCUT2D eigenvalue weighted by molar-refractivity contribution is -0.135. The van der Waals surface area contributed by atoms with Crippen LogP contribution in [0.2, 0.25) is 0 Å². The fraction of sp³-hybridized carbons (Fsp3) is 0.533. The third kappa shape index (κ3) is 3.78. The lowest BCUT2D eigenvalue weighted by Gasteiger charge is -2.28. The molecule has 4 nitrogen and oxygen atoms in total. The van der Waals surface area contributed by atoms with Crippen LogP contribution in [0.15, 0.2) is 24.3 Å². The van der Waals surface area contributed by atoms with E-state index in [1.54, 1.807) is 0 Å². The third-order valence-electron chi connectivity index (χ3n) is 3.58. The van der Waals surface area contributed by atoms with E-state index in [9.17, 15) is 4.79 Å². The Kier molecular flexibility index (Phi) is 4.93. The molecule has 1 aromatic rings. The van der Waals surface area contributed by atoms with Gasteiger partial charge in [-0.1, -0.05) is 29.8 Å². The topological polar surface area (TPSA) is 55.6 Å². The summed E-state index contributed by atoms with van der Waals surface area (Å²) in [4.78, 5) is 14.1. The van der Waals surface area contributed by atoms with E-state index in [2.05, 4.69) is 25.1 Å². The molecule has 1 heterocycles. The van der Waals surface area contributed by atoms with E-state index < -0.39 is 0 Å². The zero-order chi connectivity index (χ0) is 13.7. The molecule has 2 rings (SSSR count). The van der Waals surface area contributed by atoms with Crippen LogP contribution in [0.5, 0.6) is 0 Å². The van der Waals surface area contributed by atoms with Crippen molar-refractivity contribution in [2.24, 2.45) is 5.73 Å². The van der Waals surface area contributed by atoms with Gasteiger partial charge < -0.3 is 15.4 Å². The second kappa shape index (κ2) is 6.68. The molecule has 104 valence electrons. The van der Waals surface area contributed by atoms with Crippen LogP contribution in [0, 0.1) is 6.92 Å². The summed E-state index contributed by atoms with van der Waals surface area (Å²) in [5, 5.41) is 0. The average Bonchev–Trinajstić information content (AvgIpc) is 2.45. The third-order valence-corrected chi connectivity index (χ3v) is 3.58. The van der Waals surface area contributed by atoms with Gasteiger partial charge in [-0.25, -0.2) is 0 Å². The number of amides is 1. The molecule has 1 saturated heterocycles. The first-order valence-corrected chi connectivity index (χ1v) is 6.83. The van der Waals surface area contributed by atoms with Crippen molar-refractivity contribution in [1.29, 1.82) is 0 Å². The van der Waals surface area contributed by atoms with Gasteiger partial charge >= 0.3 is 0 Å². The number of hydrogen-bond acceptors (Lipinski definition) is 3. The van der Waals surface area contributed by atoms with E-state index in [0.29, 0.717) is 39.3 Å². The van der Waals surface area contributed by atoms with Crippen LogP contribution < -0.4 is 5.73 Å². The molecule has 19 heavy (non-hydrogen) atoms. The summed E-state index contributed by atoms with van der Waals surface area (Å²) < 4.78 is 5.26. The normalized spacial score (nSPS) is 17.3. The predicted octanol–water partition coefficient (Wildman–Crippen LogP) is 1.29. The van der Waals surface area contributed by atoms with Crippen LogP contribution in [0.4, 0.5) is 0 Å².